The van der Waals surface area contributed by atoms with E-state index in [2.05, 4.69) is 4.98 Å². The summed E-state index contributed by atoms with van der Waals surface area (Å²) >= 11 is 0. The average Bonchev–Trinajstić information content (AvgIpc) is 2.38. The maximum Gasteiger partial charge on any atom is 0.412 e. The molecule has 0 saturated carbocycles. The Kier molecular flexibility index (Phi) is 3.43. The van der Waals surface area contributed by atoms with Crippen LogP contribution in [0.1, 0.15) is 5.69 Å². The second kappa shape index (κ2) is 5.18. The molecule has 1 aromatic carbocycles. The van der Waals surface area contributed by atoms with Crippen molar-refractivity contribution < 1.29 is 9.90 Å². The molecule has 2 rings (SSSR count). The number of rotatable bonds is 3. The molecule has 0 bridgehead atoms. The van der Waals surface area contributed by atoms with Crippen LogP contribution < -0.4 is 10.6 Å². The minimum atomic E-state index is -1.02. The highest BCUT2D eigenvalue weighted by Gasteiger charge is 2.14. The lowest BCUT2D eigenvalue weighted by Crippen LogP contribution is -2.28. The summed E-state index contributed by atoms with van der Waals surface area (Å²) in [6.07, 6.45) is 0.614. The van der Waals surface area contributed by atoms with Crippen LogP contribution in [-0.4, -0.2) is 16.2 Å². The molecule has 0 saturated heterocycles. The number of nitrogen functional groups attached to an aromatic ring is 1. The third-order valence-electron chi connectivity index (χ3n) is 2.48. The van der Waals surface area contributed by atoms with Gasteiger partial charge in [0.2, 0.25) is 0 Å². The van der Waals surface area contributed by atoms with Gasteiger partial charge >= 0.3 is 6.09 Å². The number of hydrogen-bond acceptors (Lipinski definition) is 3. The van der Waals surface area contributed by atoms with E-state index in [9.17, 15) is 9.90 Å². The molecule has 1 aromatic heterocycles. The summed E-state index contributed by atoms with van der Waals surface area (Å²) < 4.78 is 0. The van der Waals surface area contributed by atoms with E-state index < -0.39 is 6.09 Å². The molecule has 2 aromatic rings. The Morgan fingerprint density at radius 2 is 1.94 bits per heavy atom. The number of pyridine rings is 1. The van der Waals surface area contributed by atoms with Crippen LogP contribution in [0.5, 0.6) is 0 Å². The Labute approximate surface area is 104 Å². The van der Waals surface area contributed by atoms with Crippen LogP contribution in [0.25, 0.3) is 0 Å². The zero-order valence-corrected chi connectivity index (χ0v) is 9.65. The largest absolute Gasteiger partial charge is 0.465 e. The minimum absolute atomic E-state index is 0.208. The van der Waals surface area contributed by atoms with Gasteiger partial charge < -0.3 is 10.8 Å². The molecule has 0 atom stereocenters. The SMILES string of the molecule is Nc1ccc(N(Cc2ccccn2)C(=O)O)cc1. The van der Waals surface area contributed by atoms with Gasteiger partial charge in [-0.2, -0.15) is 0 Å². The number of nitrogens with two attached hydrogens (primary N) is 1. The number of hydrogen-bond donors (Lipinski definition) is 2. The van der Waals surface area contributed by atoms with Gasteiger partial charge in [0.15, 0.2) is 0 Å². The van der Waals surface area contributed by atoms with Crippen LogP contribution >= 0.6 is 0 Å². The van der Waals surface area contributed by atoms with Gasteiger partial charge in [-0.1, -0.05) is 6.07 Å². The van der Waals surface area contributed by atoms with Crippen molar-refractivity contribution >= 4 is 17.5 Å². The van der Waals surface area contributed by atoms with Crippen LogP contribution in [0.2, 0.25) is 0 Å². The molecule has 0 fully saturated rings. The second-order valence-corrected chi connectivity index (χ2v) is 3.78. The summed E-state index contributed by atoms with van der Waals surface area (Å²) in [5.41, 5.74) is 7.44. The average molecular weight is 243 g/mol. The molecule has 0 aliphatic carbocycles. The molecule has 18 heavy (non-hydrogen) atoms. The van der Waals surface area contributed by atoms with Crippen molar-refractivity contribution in [3.8, 4) is 0 Å². The summed E-state index contributed by atoms with van der Waals surface area (Å²) in [5, 5.41) is 9.22. The van der Waals surface area contributed by atoms with E-state index in [1.54, 1.807) is 42.6 Å². The smallest absolute Gasteiger partial charge is 0.412 e. The lowest BCUT2D eigenvalue weighted by Gasteiger charge is -2.18. The molecular formula is C13H13N3O2. The molecule has 0 aliphatic heterocycles. The van der Waals surface area contributed by atoms with E-state index in [0.717, 1.165) is 0 Å². The predicted octanol–water partition coefficient (Wildman–Crippen LogP) is 2.35. The summed E-state index contributed by atoms with van der Waals surface area (Å²) in [5.74, 6) is 0. The van der Waals surface area contributed by atoms with Gasteiger partial charge in [0.25, 0.3) is 0 Å². The standard InChI is InChI=1S/C13H13N3O2/c14-10-4-6-12(7-5-10)16(13(17)18)9-11-3-1-2-8-15-11/h1-8H,9,14H2,(H,17,18). The lowest BCUT2D eigenvalue weighted by molar-refractivity contribution is 0.201. The van der Waals surface area contributed by atoms with Crippen molar-refractivity contribution in [1.29, 1.82) is 0 Å². The Hall–Kier alpha value is -2.56. The van der Waals surface area contributed by atoms with Gasteiger partial charge in [-0.05, 0) is 36.4 Å². The topological polar surface area (TPSA) is 79.5 Å². The maximum absolute atomic E-state index is 11.3. The van der Waals surface area contributed by atoms with E-state index in [0.29, 0.717) is 17.1 Å². The summed E-state index contributed by atoms with van der Waals surface area (Å²) in [6.45, 7) is 0.208. The third kappa shape index (κ3) is 2.76. The van der Waals surface area contributed by atoms with Crippen molar-refractivity contribution in [1.82, 2.24) is 4.98 Å². The first kappa shape index (κ1) is 11.9. The van der Waals surface area contributed by atoms with Crippen molar-refractivity contribution in [3.63, 3.8) is 0 Å². The second-order valence-electron chi connectivity index (χ2n) is 3.78. The first-order valence-corrected chi connectivity index (χ1v) is 5.43. The Morgan fingerprint density at radius 3 is 2.50 bits per heavy atom. The highest BCUT2D eigenvalue weighted by molar-refractivity contribution is 5.86. The van der Waals surface area contributed by atoms with Gasteiger partial charge in [0, 0.05) is 17.6 Å². The van der Waals surface area contributed by atoms with E-state index in [4.69, 9.17) is 5.73 Å². The van der Waals surface area contributed by atoms with Crippen LogP contribution in [-0.2, 0) is 6.54 Å². The summed E-state index contributed by atoms with van der Waals surface area (Å²) in [6, 6.07) is 12.1. The summed E-state index contributed by atoms with van der Waals surface area (Å²) in [7, 11) is 0. The Balaban J connectivity index is 2.24. The monoisotopic (exact) mass is 243 g/mol. The van der Waals surface area contributed by atoms with E-state index in [1.165, 1.54) is 4.90 Å². The molecule has 1 heterocycles. The van der Waals surface area contributed by atoms with Crippen LogP contribution in [0.4, 0.5) is 16.2 Å². The fourth-order valence-corrected chi connectivity index (χ4v) is 1.58. The fraction of sp³-hybridized carbons (Fsp3) is 0.0769. The zero-order valence-electron chi connectivity index (χ0n) is 9.65. The van der Waals surface area contributed by atoms with E-state index in [-0.39, 0.29) is 6.54 Å². The van der Waals surface area contributed by atoms with Gasteiger partial charge in [-0.25, -0.2) is 4.79 Å². The molecule has 92 valence electrons. The fourth-order valence-electron chi connectivity index (χ4n) is 1.58. The van der Waals surface area contributed by atoms with Crippen LogP contribution in [0.3, 0.4) is 0 Å². The molecule has 0 aliphatic rings. The predicted molar refractivity (Wildman–Crippen MR) is 69.3 cm³/mol. The number of amides is 1. The molecule has 5 nitrogen and oxygen atoms in total. The van der Waals surface area contributed by atoms with Crippen LogP contribution in [0, 0.1) is 0 Å². The van der Waals surface area contributed by atoms with Gasteiger partial charge in [0.1, 0.15) is 0 Å². The van der Waals surface area contributed by atoms with Crippen molar-refractivity contribution in [2.45, 2.75) is 6.54 Å². The molecule has 0 unspecified atom stereocenters. The summed E-state index contributed by atoms with van der Waals surface area (Å²) in [4.78, 5) is 16.6. The molecule has 0 spiro atoms. The number of carboxylic acid groups (broad SMARTS) is 1. The van der Waals surface area contributed by atoms with E-state index >= 15 is 0 Å². The van der Waals surface area contributed by atoms with Gasteiger partial charge in [-0.3, -0.25) is 9.88 Å². The van der Waals surface area contributed by atoms with Crippen LogP contribution in [0.15, 0.2) is 48.7 Å². The van der Waals surface area contributed by atoms with Gasteiger partial charge in [0.05, 0.1) is 12.2 Å². The Morgan fingerprint density at radius 1 is 1.22 bits per heavy atom. The van der Waals surface area contributed by atoms with Crippen molar-refractivity contribution in [2.75, 3.05) is 10.6 Å². The highest BCUT2D eigenvalue weighted by atomic mass is 16.4. The number of nitrogens with zero attached hydrogens (tertiary/aromatic N) is 2. The number of aromatic nitrogens is 1. The van der Waals surface area contributed by atoms with E-state index in [1.807, 2.05) is 6.07 Å². The molecular weight excluding hydrogens is 230 g/mol. The molecule has 1 amide bonds. The first-order valence-electron chi connectivity index (χ1n) is 5.43. The molecule has 0 radical (unpaired) electrons. The Bertz CT molecular complexity index is 526. The quantitative estimate of drug-likeness (QED) is 0.811. The minimum Gasteiger partial charge on any atom is -0.465 e. The highest BCUT2D eigenvalue weighted by Crippen LogP contribution is 2.18. The number of benzene rings is 1. The number of carbonyl (C=O) groups is 1. The number of anilines is 2. The molecule has 5 heteroatoms. The normalized spacial score (nSPS) is 10.0. The van der Waals surface area contributed by atoms with Gasteiger partial charge in [-0.15, -0.1) is 0 Å². The first-order chi connectivity index (χ1) is 8.66. The molecule has 3 N–H and O–H groups in total. The third-order valence-corrected chi connectivity index (χ3v) is 2.48. The zero-order chi connectivity index (χ0) is 13.0. The van der Waals surface area contributed by atoms with Crippen molar-refractivity contribution in [3.05, 3.63) is 54.4 Å². The maximum atomic E-state index is 11.3. The lowest BCUT2D eigenvalue weighted by atomic mass is 10.2. The van der Waals surface area contributed by atoms with Crippen molar-refractivity contribution in [2.24, 2.45) is 0 Å².